The Morgan fingerprint density at radius 2 is 2.09 bits per heavy atom. The summed E-state index contributed by atoms with van der Waals surface area (Å²) in [5, 5.41) is 0. The fourth-order valence-corrected chi connectivity index (χ4v) is 4.92. The van der Waals surface area contributed by atoms with Crippen LogP contribution in [-0.2, 0) is 6.54 Å². The summed E-state index contributed by atoms with van der Waals surface area (Å²) in [6, 6.07) is 7.08. The normalized spacial score (nSPS) is 22.9. The number of nitrogens with zero attached hydrogens (tertiary/aromatic N) is 3. The fourth-order valence-electron chi connectivity index (χ4n) is 3.34. The first-order chi connectivity index (χ1) is 11.2. The SMILES string of the molecule is Fc1cccnc1O[C@@H]1CSC2(C1)CN(Cc1ccncc1)C2. The Hall–Kier alpha value is -1.66. The van der Waals surface area contributed by atoms with Gasteiger partial charge in [-0.3, -0.25) is 9.88 Å². The maximum atomic E-state index is 13.6. The van der Waals surface area contributed by atoms with Gasteiger partial charge in [0.25, 0.3) is 5.88 Å². The van der Waals surface area contributed by atoms with Gasteiger partial charge in [0.1, 0.15) is 6.10 Å². The lowest BCUT2D eigenvalue weighted by Gasteiger charge is -2.47. The van der Waals surface area contributed by atoms with Crippen molar-refractivity contribution in [3.05, 3.63) is 54.2 Å². The minimum atomic E-state index is -0.383. The average molecular weight is 331 g/mol. The van der Waals surface area contributed by atoms with Gasteiger partial charge in [-0.2, -0.15) is 0 Å². The maximum absolute atomic E-state index is 13.6. The van der Waals surface area contributed by atoms with E-state index in [2.05, 4.69) is 27.0 Å². The van der Waals surface area contributed by atoms with Crippen LogP contribution in [-0.4, -0.2) is 44.6 Å². The number of thioether (sulfide) groups is 1. The van der Waals surface area contributed by atoms with Crippen LogP contribution in [0.4, 0.5) is 4.39 Å². The second-order valence-corrected chi connectivity index (χ2v) is 7.72. The van der Waals surface area contributed by atoms with Crippen LogP contribution < -0.4 is 4.74 Å². The van der Waals surface area contributed by atoms with Gasteiger partial charge in [-0.15, -0.1) is 11.8 Å². The lowest BCUT2D eigenvalue weighted by atomic mass is 9.92. The van der Waals surface area contributed by atoms with Crippen LogP contribution in [0.5, 0.6) is 5.88 Å². The number of hydrogen-bond donors (Lipinski definition) is 0. The van der Waals surface area contributed by atoms with Crippen LogP contribution in [0.2, 0.25) is 0 Å². The first-order valence-electron chi connectivity index (χ1n) is 7.75. The predicted octanol–water partition coefficient (Wildman–Crippen LogP) is 2.75. The Morgan fingerprint density at radius 3 is 2.87 bits per heavy atom. The summed E-state index contributed by atoms with van der Waals surface area (Å²) in [7, 11) is 0. The molecule has 0 aliphatic carbocycles. The van der Waals surface area contributed by atoms with Crippen LogP contribution in [0.3, 0.4) is 0 Å². The molecule has 4 nitrogen and oxygen atoms in total. The van der Waals surface area contributed by atoms with E-state index in [1.165, 1.54) is 11.6 Å². The smallest absolute Gasteiger partial charge is 0.250 e. The summed E-state index contributed by atoms with van der Waals surface area (Å²) in [5.74, 6) is 0.647. The molecule has 23 heavy (non-hydrogen) atoms. The van der Waals surface area contributed by atoms with Crippen LogP contribution in [0.1, 0.15) is 12.0 Å². The number of pyridine rings is 2. The molecule has 120 valence electrons. The summed E-state index contributed by atoms with van der Waals surface area (Å²) in [6.45, 7) is 3.08. The minimum absolute atomic E-state index is 0.0486. The van der Waals surface area contributed by atoms with E-state index < -0.39 is 0 Å². The summed E-state index contributed by atoms with van der Waals surface area (Å²) >= 11 is 1.95. The van der Waals surface area contributed by atoms with Gasteiger partial charge in [-0.05, 0) is 29.8 Å². The third kappa shape index (κ3) is 3.19. The maximum Gasteiger partial charge on any atom is 0.250 e. The summed E-state index contributed by atoms with van der Waals surface area (Å²) in [5.41, 5.74) is 1.29. The van der Waals surface area contributed by atoms with Gasteiger partial charge in [0.2, 0.25) is 0 Å². The molecule has 0 unspecified atom stereocenters. The van der Waals surface area contributed by atoms with Crippen molar-refractivity contribution in [3.63, 3.8) is 0 Å². The lowest BCUT2D eigenvalue weighted by molar-refractivity contribution is 0.0895. The number of ether oxygens (including phenoxy) is 1. The molecule has 4 heterocycles. The molecule has 2 aliphatic rings. The Kier molecular flexibility index (Phi) is 3.95. The molecule has 2 aromatic rings. The van der Waals surface area contributed by atoms with Crippen molar-refractivity contribution in [2.45, 2.75) is 23.8 Å². The molecule has 2 aromatic heterocycles. The van der Waals surface area contributed by atoms with Gasteiger partial charge < -0.3 is 4.74 Å². The van der Waals surface area contributed by atoms with E-state index >= 15 is 0 Å². The van der Waals surface area contributed by atoms with Crippen molar-refractivity contribution in [3.8, 4) is 5.88 Å². The lowest BCUT2D eigenvalue weighted by Crippen LogP contribution is -2.58. The quantitative estimate of drug-likeness (QED) is 0.861. The van der Waals surface area contributed by atoms with Crippen molar-refractivity contribution in [1.82, 2.24) is 14.9 Å². The van der Waals surface area contributed by atoms with Crippen LogP contribution in [0.15, 0.2) is 42.9 Å². The molecule has 2 saturated heterocycles. The first kappa shape index (κ1) is 14.9. The zero-order valence-electron chi connectivity index (χ0n) is 12.7. The Bertz CT molecular complexity index is 679. The topological polar surface area (TPSA) is 38.2 Å². The summed E-state index contributed by atoms with van der Waals surface area (Å²) in [4.78, 5) is 10.5. The van der Waals surface area contributed by atoms with E-state index in [1.807, 2.05) is 24.2 Å². The molecular weight excluding hydrogens is 313 g/mol. The number of hydrogen-bond acceptors (Lipinski definition) is 5. The van der Waals surface area contributed by atoms with E-state index in [4.69, 9.17) is 4.74 Å². The van der Waals surface area contributed by atoms with Crippen molar-refractivity contribution in [1.29, 1.82) is 0 Å². The van der Waals surface area contributed by atoms with Gasteiger partial charge in [-0.1, -0.05) is 0 Å². The highest BCUT2D eigenvalue weighted by Crippen LogP contribution is 2.46. The Balaban J connectivity index is 1.31. The Labute approximate surface area is 139 Å². The molecule has 0 amide bonds. The molecule has 0 radical (unpaired) electrons. The summed E-state index contributed by atoms with van der Waals surface area (Å²) in [6.07, 6.45) is 6.24. The summed E-state index contributed by atoms with van der Waals surface area (Å²) < 4.78 is 19.7. The van der Waals surface area contributed by atoms with Crippen molar-refractivity contribution in [2.24, 2.45) is 0 Å². The highest BCUT2D eigenvalue weighted by molar-refractivity contribution is 8.01. The third-order valence-electron chi connectivity index (χ3n) is 4.36. The molecule has 6 heteroatoms. The number of likely N-dealkylation sites (tertiary alicyclic amines) is 1. The largest absolute Gasteiger partial charge is 0.471 e. The molecule has 0 saturated carbocycles. The van der Waals surface area contributed by atoms with Gasteiger partial charge >= 0.3 is 0 Å². The van der Waals surface area contributed by atoms with E-state index in [1.54, 1.807) is 12.3 Å². The predicted molar refractivity (Wildman–Crippen MR) is 87.9 cm³/mol. The third-order valence-corrected chi connectivity index (χ3v) is 5.93. The van der Waals surface area contributed by atoms with E-state index in [-0.39, 0.29) is 22.5 Å². The average Bonchev–Trinajstić information content (AvgIpc) is 2.94. The number of halogens is 1. The van der Waals surface area contributed by atoms with E-state index in [0.717, 1.165) is 31.8 Å². The fraction of sp³-hybridized carbons (Fsp3) is 0.412. The molecular formula is C17H18FN3OS. The van der Waals surface area contributed by atoms with Gasteiger partial charge in [-0.25, -0.2) is 9.37 Å². The molecule has 1 spiro atoms. The molecule has 0 aromatic carbocycles. The Morgan fingerprint density at radius 1 is 1.26 bits per heavy atom. The molecule has 4 rings (SSSR count). The molecule has 1 atom stereocenters. The first-order valence-corrected chi connectivity index (χ1v) is 8.73. The zero-order valence-corrected chi connectivity index (χ0v) is 13.5. The van der Waals surface area contributed by atoms with Gasteiger partial charge in [0.15, 0.2) is 5.82 Å². The van der Waals surface area contributed by atoms with Crippen LogP contribution >= 0.6 is 11.8 Å². The highest BCUT2D eigenvalue weighted by atomic mass is 32.2. The van der Waals surface area contributed by atoms with Gasteiger partial charge in [0, 0.05) is 55.1 Å². The van der Waals surface area contributed by atoms with Crippen molar-refractivity contribution in [2.75, 3.05) is 18.8 Å². The highest BCUT2D eigenvalue weighted by Gasteiger charge is 2.49. The van der Waals surface area contributed by atoms with Gasteiger partial charge in [0.05, 0.1) is 0 Å². The molecule has 2 fully saturated rings. The van der Waals surface area contributed by atoms with Crippen LogP contribution in [0, 0.1) is 5.82 Å². The van der Waals surface area contributed by atoms with Crippen LogP contribution in [0.25, 0.3) is 0 Å². The second-order valence-electron chi connectivity index (χ2n) is 6.23. The molecule has 0 N–H and O–H groups in total. The second kappa shape index (κ2) is 6.09. The monoisotopic (exact) mass is 331 g/mol. The van der Waals surface area contributed by atoms with E-state index in [0.29, 0.717) is 0 Å². The minimum Gasteiger partial charge on any atom is -0.471 e. The van der Waals surface area contributed by atoms with E-state index in [9.17, 15) is 4.39 Å². The van der Waals surface area contributed by atoms with Crippen molar-refractivity contribution < 1.29 is 9.13 Å². The zero-order chi connectivity index (χ0) is 15.7. The van der Waals surface area contributed by atoms with Crippen molar-refractivity contribution >= 4 is 11.8 Å². The number of aromatic nitrogens is 2. The molecule has 0 bridgehead atoms. The standard InChI is InChI=1S/C17H18FN3OS/c18-15-2-1-5-20-16(15)22-14-8-17(23-10-14)11-21(12-17)9-13-3-6-19-7-4-13/h1-7,14H,8-12H2/t14-/m0/s1. The molecule has 2 aliphatic heterocycles. The number of rotatable bonds is 4.